The Bertz CT molecular complexity index is 913. The molecule has 0 N–H and O–H groups in total. The molecular weight excluding hydrogens is 376 g/mol. The van der Waals surface area contributed by atoms with E-state index in [9.17, 15) is 9.59 Å². The third kappa shape index (κ3) is 3.83. The fraction of sp³-hybridized carbons (Fsp3) is 0.304. The summed E-state index contributed by atoms with van der Waals surface area (Å²) >= 11 is 5.90. The zero-order valence-corrected chi connectivity index (χ0v) is 17.1. The number of ether oxygens (including phenoxy) is 2. The van der Waals surface area contributed by atoms with Crippen molar-refractivity contribution in [3.05, 3.63) is 82.1 Å². The number of halogens is 1. The molecule has 1 aliphatic heterocycles. The normalized spacial score (nSPS) is 19.8. The van der Waals surface area contributed by atoms with Crippen LogP contribution in [0.4, 0.5) is 0 Å². The predicted molar refractivity (Wildman–Crippen MR) is 108 cm³/mol. The molecule has 2 aromatic carbocycles. The standard InChI is InChI=1S/C23H23ClO4/c1-14-20(27-15(2)19(25)16-10-12-18(24)13-11-16)23(3,4)21(28-22(14)26)17-8-6-5-7-9-17/h5-13,15,21H,1-4H3/t15-,21+/m0/s1. The Morgan fingerprint density at radius 3 is 2.32 bits per heavy atom. The molecule has 0 aromatic heterocycles. The van der Waals surface area contributed by atoms with E-state index in [2.05, 4.69) is 0 Å². The largest absolute Gasteiger partial charge is 0.486 e. The molecule has 3 rings (SSSR count). The molecule has 0 radical (unpaired) electrons. The van der Waals surface area contributed by atoms with Crippen molar-refractivity contribution in [2.75, 3.05) is 0 Å². The molecule has 0 saturated heterocycles. The molecule has 2 atom stereocenters. The van der Waals surface area contributed by atoms with Crippen LogP contribution in [-0.2, 0) is 14.3 Å². The maximum Gasteiger partial charge on any atom is 0.337 e. The van der Waals surface area contributed by atoms with Crippen LogP contribution < -0.4 is 0 Å². The molecule has 1 aliphatic rings. The van der Waals surface area contributed by atoms with Gasteiger partial charge in [-0.25, -0.2) is 4.79 Å². The highest BCUT2D eigenvalue weighted by Gasteiger charge is 2.45. The van der Waals surface area contributed by atoms with E-state index in [0.717, 1.165) is 5.56 Å². The number of carbonyl (C=O) groups is 2. The monoisotopic (exact) mass is 398 g/mol. The first-order chi connectivity index (χ1) is 13.2. The fourth-order valence-corrected chi connectivity index (χ4v) is 3.60. The first-order valence-electron chi connectivity index (χ1n) is 9.15. The molecule has 4 nitrogen and oxygen atoms in total. The number of benzene rings is 2. The average Bonchev–Trinajstić information content (AvgIpc) is 2.68. The molecule has 1 heterocycles. The van der Waals surface area contributed by atoms with Gasteiger partial charge in [0.25, 0.3) is 0 Å². The van der Waals surface area contributed by atoms with Crippen LogP contribution in [0.15, 0.2) is 65.9 Å². The summed E-state index contributed by atoms with van der Waals surface area (Å²) in [5.74, 6) is -0.135. The second-order valence-electron chi connectivity index (χ2n) is 7.50. The minimum atomic E-state index is -0.757. The van der Waals surface area contributed by atoms with Crippen molar-refractivity contribution in [1.82, 2.24) is 0 Å². The van der Waals surface area contributed by atoms with Gasteiger partial charge in [-0.2, -0.15) is 0 Å². The van der Waals surface area contributed by atoms with Crippen molar-refractivity contribution in [3.8, 4) is 0 Å². The molecule has 0 saturated carbocycles. The number of hydrogen-bond donors (Lipinski definition) is 0. The lowest BCUT2D eigenvalue weighted by Crippen LogP contribution is -2.38. The number of cyclic esters (lactones) is 1. The van der Waals surface area contributed by atoms with E-state index in [1.165, 1.54) is 0 Å². The van der Waals surface area contributed by atoms with Gasteiger partial charge in [0.2, 0.25) is 5.78 Å². The van der Waals surface area contributed by atoms with Gasteiger partial charge in [0, 0.05) is 10.6 Å². The number of esters is 1. The third-order valence-corrected chi connectivity index (χ3v) is 5.26. The van der Waals surface area contributed by atoms with Crippen LogP contribution in [0.3, 0.4) is 0 Å². The highest BCUT2D eigenvalue weighted by atomic mass is 35.5. The van der Waals surface area contributed by atoms with Gasteiger partial charge in [-0.1, -0.05) is 41.9 Å². The topological polar surface area (TPSA) is 52.6 Å². The third-order valence-electron chi connectivity index (χ3n) is 5.01. The van der Waals surface area contributed by atoms with Crippen molar-refractivity contribution in [2.45, 2.75) is 39.9 Å². The summed E-state index contributed by atoms with van der Waals surface area (Å²) in [6, 6.07) is 16.2. The molecule has 0 aliphatic carbocycles. The van der Waals surface area contributed by atoms with Gasteiger partial charge in [-0.3, -0.25) is 4.79 Å². The van der Waals surface area contributed by atoms with E-state index in [-0.39, 0.29) is 5.78 Å². The molecule has 0 spiro atoms. The van der Waals surface area contributed by atoms with Crippen LogP contribution in [0.5, 0.6) is 0 Å². The van der Waals surface area contributed by atoms with Gasteiger partial charge >= 0.3 is 5.97 Å². The number of hydrogen-bond acceptors (Lipinski definition) is 4. The van der Waals surface area contributed by atoms with Gasteiger partial charge in [0.05, 0.1) is 11.0 Å². The fourth-order valence-electron chi connectivity index (χ4n) is 3.47. The Morgan fingerprint density at radius 1 is 1.11 bits per heavy atom. The highest BCUT2D eigenvalue weighted by molar-refractivity contribution is 6.30. The van der Waals surface area contributed by atoms with Gasteiger partial charge in [0.1, 0.15) is 11.9 Å². The van der Waals surface area contributed by atoms with Crippen molar-refractivity contribution < 1.29 is 19.1 Å². The summed E-state index contributed by atoms with van der Waals surface area (Å²) in [5.41, 5.74) is 1.14. The first kappa shape index (κ1) is 20.2. The van der Waals surface area contributed by atoms with Crippen LogP contribution in [0.25, 0.3) is 0 Å². The highest BCUT2D eigenvalue weighted by Crippen LogP contribution is 2.48. The summed E-state index contributed by atoms with van der Waals surface area (Å²) in [7, 11) is 0. The Balaban J connectivity index is 1.90. The summed E-state index contributed by atoms with van der Waals surface area (Å²) in [5, 5.41) is 0.561. The van der Waals surface area contributed by atoms with Gasteiger partial charge in [-0.15, -0.1) is 0 Å². The quantitative estimate of drug-likeness (QED) is 0.491. The maximum atomic E-state index is 12.8. The smallest absolute Gasteiger partial charge is 0.337 e. The van der Waals surface area contributed by atoms with Crippen LogP contribution >= 0.6 is 11.6 Å². The summed E-state index contributed by atoms with van der Waals surface area (Å²) in [6.07, 6.45) is -1.26. The van der Waals surface area contributed by atoms with Crippen LogP contribution in [0.1, 0.15) is 49.7 Å². The number of carbonyl (C=O) groups excluding carboxylic acids is 2. The molecule has 5 heteroatoms. The molecule has 0 amide bonds. The summed E-state index contributed by atoms with van der Waals surface area (Å²) < 4.78 is 11.8. The molecule has 2 aromatic rings. The summed E-state index contributed by atoms with van der Waals surface area (Å²) in [6.45, 7) is 7.26. The van der Waals surface area contributed by atoms with Crippen molar-refractivity contribution >= 4 is 23.4 Å². The Labute approximate surface area is 170 Å². The lowest BCUT2D eigenvalue weighted by atomic mass is 9.77. The molecule has 28 heavy (non-hydrogen) atoms. The Kier molecular flexibility index (Phi) is 5.61. The van der Waals surface area contributed by atoms with E-state index >= 15 is 0 Å². The van der Waals surface area contributed by atoms with Gasteiger partial charge in [-0.05, 0) is 57.5 Å². The Hall–Kier alpha value is -2.59. The minimum absolute atomic E-state index is 0.178. The van der Waals surface area contributed by atoms with E-state index < -0.39 is 23.6 Å². The van der Waals surface area contributed by atoms with Gasteiger partial charge in [0.15, 0.2) is 6.10 Å². The minimum Gasteiger partial charge on any atom is -0.486 e. The Morgan fingerprint density at radius 2 is 1.71 bits per heavy atom. The molecule has 0 bridgehead atoms. The number of ketones is 1. The zero-order valence-electron chi connectivity index (χ0n) is 16.4. The lowest BCUT2D eigenvalue weighted by Gasteiger charge is -2.40. The van der Waals surface area contributed by atoms with E-state index in [1.54, 1.807) is 38.1 Å². The zero-order chi connectivity index (χ0) is 20.5. The SMILES string of the molecule is CC1=C(O[C@@H](C)C(=O)c2ccc(Cl)cc2)C(C)(C)[C@@H](c2ccccc2)OC1=O. The molecule has 0 unspecified atom stereocenters. The van der Waals surface area contributed by atoms with Crippen molar-refractivity contribution in [3.63, 3.8) is 0 Å². The second-order valence-corrected chi connectivity index (χ2v) is 7.94. The molecule has 0 fully saturated rings. The second kappa shape index (κ2) is 7.80. The van der Waals surface area contributed by atoms with Crippen LogP contribution in [-0.4, -0.2) is 17.9 Å². The van der Waals surface area contributed by atoms with E-state index in [0.29, 0.717) is 21.9 Å². The van der Waals surface area contributed by atoms with E-state index in [1.807, 2.05) is 44.2 Å². The predicted octanol–water partition coefficient (Wildman–Crippen LogP) is 5.53. The number of Topliss-reactive ketones (excluding diaryl/α,β-unsaturated/α-hetero) is 1. The lowest BCUT2D eigenvalue weighted by molar-refractivity contribution is -0.156. The van der Waals surface area contributed by atoms with Crippen LogP contribution in [0, 0.1) is 5.41 Å². The number of rotatable bonds is 5. The summed E-state index contributed by atoms with van der Waals surface area (Å²) in [4.78, 5) is 25.2. The molecular formula is C23H23ClO4. The van der Waals surface area contributed by atoms with Gasteiger partial charge < -0.3 is 9.47 Å². The average molecular weight is 399 g/mol. The maximum absolute atomic E-state index is 12.8. The van der Waals surface area contributed by atoms with Crippen LogP contribution in [0.2, 0.25) is 5.02 Å². The van der Waals surface area contributed by atoms with Crippen molar-refractivity contribution in [1.29, 1.82) is 0 Å². The molecule has 146 valence electrons. The first-order valence-corrected chi connectivity index (χ1v) is 9.53. The van der Waals surface area contributed by atoms with Crippen molar-refractivity contribution in [2.24, 2.45) is 5.41 Å². The van der Waals surface area contributed by atoms with E-state index in [4.69, 9.17) is 21.1 Å².